The predicted molar refractivity (Wildman–Crippen MR) is 75.6 cm³/mol. The molecule has 0 aromatic heterocycles. The number of aliphatic imine (C=N–C) groups is 1. The van der Waals surface area contributed by atoms with Gasteiger partial charge in [0.2, 0.25) is 5.11 Å². The van der Waals surface area contributed by atoms with Gasteiger partial charge in [0, 0.05) is 4.47 Å². The van der Waals surface area contributed by atoms with E-state index >= 15 is 0 Å². The molecule has 0 aliphatic rings. The number of thiocarbonyl (C=S) groups is 1. The number of anilines is 1. The van der Waals surface area contributed by atoms with Crippen LogP contribution in [0.1, 0.15) is 12.5 Å². The molecule has 16 heavy (non-hydrogen) atoms. The zero-order valence-electron chi connectivity index (χ0n) is 8.83. The molecule has 5 N–H and O–H groups in total. The van der Waals surface area contributed by atoms with Crippen molar-refractivity contribution in [2.45, 2.75) is 13.3 Å². The highest BCUT2D eigenvalue weighted by Gasteiger charge is 2.06. The third-order valence-electron chi connectivity index (χ3n) is 1.94. The van der Waals surface area contributed by atoms with Crippen molar-refractivity contribution in [1.82, 2.24) is 0 Å². The third kappa shape index (κ3) is 3.46. The lowest BCUT2D eigenvalue weighted by Gasteiger charge is -2.11. The van der Waals surface area contributed by atoms with Crippen LogP contribution in [0, 0.1) is 0 Å². The number of benzene rings is 1. The summed E-state index contributed by atoms with van der Waals surface area (Å²) in [7, 11) is 0. The van der Waals surface area contributed by atoms with Gasteiger partial charge in [0.15, 0.2) is 5.96 Å². The Bertz CT molecular complexity index is 427. The van der Waals surface area contributed by atoms with Crippen LogP contribution in [-0.2, 0) is 6.42 Å². The molecule has 1 rings (SSSR count). The maximum atomic E-state index is 5.24. The molecule has 86 valence electrons. The highest BCUT2D eigenvalue weighted by atomic mass is 79.9. The van der Waals surface area contributed by atoms with Gasteiger partial charge in [-0.15, -0.1) is 0 Å². The van der Waals surface area contributed by atoms with E-state index in [0.717, 1.165) is 22.1 Å². The van der Waals surface area contributed by atoms with E-state index in [2.05, 4.69) is 33.2 Å². The topological polar surface area (TPSA) is 76.4 Å². The summed E-state index contributed by atoms with van der Waals surface area (Å²) in [6.07, 6.45) is 0.895. The molecule has 0 aliphatic carbocycles. The quantitative estimate of drug-likeness (QED) is 0.443. The third-order valence-corrected chi connectivity index (χ3v) is 2.80. The smallest absolute Gasteiger partial charge is 0.200 e. The van der Waals surface area contributed by atoms with Crippen LogP contribution in [-0.4, -0.2) is 11.1 Å². The van der Waals surface area contributed by atoms with Gasteiger partial charge in [-0.3, -0.25) is 0 Å². The van der Waals surface area contributed by atoms with Gasteiger partial charge in [0.1, 0.15) is 0 Å². The number of halogens is 1. The Morgan fingerprint density at radius 3 is 2.75 bits per heavy atom. The molecule has 0 spiro atoms. The van der Waals surface area contributed by atoms with E-state index in [1.54, 1.807) is 0 Å². The fourth-order valence-electron chi connectivity index (χ4n) is 1.26. The van der Waals surface area contributed by atoms with Crippen LogP contribution in [0.4, 0.5) is 5.69 Å². The first-order valence-electron chi connectivity index (χ1n) is 4.72. The molecule has 0 fully saturated rings. The first-order chi connectivity index (χ1) is 7.54. The van der Waals surface area contributed by atoms with Gasteiger partial charge in [-0.2, -0.15) is 4.99 Å². The van der Waals surface area contributed by atoms with E-state index in [-0.39, 0.29) is 11.1 Å². The summed E-state index contributed by atoms with van der Waals surface area (Å²) in [4.78, 5) is 3.76. The Labute approximate surface area is 108 Å². The first-order valence-corrected chi connectivity index (χ1v) is 5.92. The molecule has 0 amide bonds. The summed E-state index contributed by atoms with van der Waals surface area (Å²) in [6, 6.07) is 5.92. The molecule has 1 aromatic carbocycles. The van der Waals surface area contributed by atoms with Gasteiger partial charge in [-0.05, 0) is 46.2 Å². The van der Waals surface area contributed by atoms with Gasteiger partial charge in [-0.1, -0.05) is 19.1 Å². The SMILES string of the molecule is CCc1cccc(Br)c1NC(=S)N=C(N)N. The van der Waals surface area contributed by atoms with E-state index in [0.29, 0.717) is 0 Å². The van der Waals surface area contributed by atoms with E-state index in [9.17, 15) is 0 Å². The summed E-state index contributed by atoms with van der Waals surface area (Å²) in [5, 5.41) is 3.25. The van der Waals surface area contributed by atoms with Crippen LogP contribution >= 0.6 is 28.1 Å². The molecule has 0 radical (unpaired) electrons. The number of guanidine groups is 1. The van der Waals surface area contributed by atoms with Crippen molar-refractivity contribution in [3.8, 4) is 0 Å². The van der Waals surface area contributed by atoms with Crippen molar-refractivity contribution in [3.05, 3.63) is 28.2 Å². The van der Waals surface area contributed by atoms with E-state index < -0.39 is 0 Å². The monoisotopic (exact) mass is 300 g/mol. The zero-order chi connectivity index (χ0) is 12.1. The van der Waals surface area contributed by atoms with Crippen molar-refractivity contribution < 1.29 is 0 Å². The average molecular weight is 301 g/mol. The van der Waals surface area contributed by atoms with Gasteiger partial charge in [0.25, 0.3) is 0 Å². The molecule has 0 bridgehead atoms. The van der Waals surface area contributed by atoms with Crippen molar-refractivity contribution in [2.75, 3.05) is 5.32 Å². The van der Waals surface area contributed by atoms with Crippen molar-refractivity contribution in [2.24, 2.45) is 16.5 Å². The Kier molecular flexibility index (Phi) is 4.70. The molecule has 4 nitrogen and oxygen atoms in total. The Morgan fingerprint density at radius 2 is 2.19 bits per heavy atom. The summed E-state index contributed by atoms with van der Waals surface area (Å²) < 4.78 is 0.931. The number of hydrogen-bond acceptors (Lipinski definition) is 1. The van der Waals surface area contributed by atoms with Crippen molar-refractivity contribution in [1.29, 1.82) is 0 Å². The fraction of sp³-hybridized carbons (Fsp3) is 0.200. The van der Waals surface area contributed by atoms with Crippen LogP contribution < -0.4 is 16.8 Å². The summed E-state index contributed by atoms with van der Waals surface area (Å²) in [5.74, 6) is -0.0531. The maximum absolute atomic E-state index is 5.24. The molecule has 0 heterocycles. The van der Waals surface area contributed by atoms with Gasteiger partial charge >= 0.3 is 0 Å². The Morgan fingerprint density at radius 1 is 1.50 bits per heavy atom. The molecule has 0 saturated heterocycles. The normalized spacial score (nSPS) is 9.62. The second-order valence-electron chi connectivity index (χ2n) is 3.09. The molecule has 0 saturated carbocycles. The number of hydrogen-bond donors (Lipinski definition) is 3. The molecule has 6 heteroatoms. The second-order valence-corrected chi connectivity index (χ2v) is 4.34. The standard InChI is InChI=1S/C10H13BrN4S/c1-2-6-4-3-5-7(11)8(6)14-10(16)15-9(12)13/h3-5H,2H2,1H3,(H5,12,13,14,15,16). The van der Waals surface area contributed by atoms with Crippen LogP contribution in [0.15, 0.2) is 27.7 Å². The van der Waals surface area contributed by atoms with Crippen LogP contribution in [0.5, 0.6) is 0 Å². The highest BCUT2D eigenvalue weighted by molar-refractivity contribution is 9.10. The molecule has 1 aromatic rings. The first kappa shape index (κ1) is 12.9. The number of para-hydroxylation sites is 1. The van der Waals surface area contributed by atoms with Crippen LogP contribution in [0.25, 0.3) is 0 Å². The molecule has 0 aliphatic heterocycles. The molecule has 0 unspecified atom stereocenters. The number of aryl methyl sites for hydroxylation is 1. The highest BCUT2D eigenvalue weighted by Crippen LogP contribution is 2.26. The van der Waals surface area contributed by atoms with Crippen LogP contribution in [0.2, 0.25) is 0 Å². The Balaban J connectivity index is 2.96. The second kappa shape index (κ2) is 5.81. The predicted octanol–water partition coefficient (Wildman–Crippen LogP) is 1.98. The molecular weight excluding hydrogens is 288 g/mol. The van der Waals surface area contributed by atoms with Crippen molar-refractivity contribution >= 4 is 44.9 Å². The zero-order valence-corrected chi connectivity index (χ0v) is 11.2. The fourth-order valence-corrected chi connectivity index (χ4v) is 1.97. The summed E-state index contributed by atoms with van der Waals surface area (Å²) >= 11 is 8.45. The number of nitrogens with zero attached hydrogens (tertiary/aromatic N) is 1. The van der Waals surface area contributed by atoms with E-state index in [1.807, 2.05) is 18.2 Å². The van der Waals surface area contributed by atoms with Gasteiger partial charge in [0.05, 0.1) is 5.69 Å². The van der Waals surface area contributed by atoms with Gasteiger partial charge < -0.3 is 16.8 Å². The number of nitrogens with one attached hydrogen (secondary N) is 1. The van der Waals surface area contributed by atoms with E-state index in [4.69, 9.17) is 23.7 Å². The average Bonchev–Trinajstić information content (AvgIpc) is 2.20. The minimum Gasteiger partial charge on any atom is -0.370 e. The minimum absolute atomic E-state index is 0.0531. The van der Waals surface area contributed by atoms with E-state index in [1.165, 1.54) is 0 Å². The summed E-state index contributed by atoms with van der Waals surface area (Å²) in [5.41, 5.74) is 12.5. The number of nitrogens with two attached hydrogens (primary N) is 2. The van der Waals surface area contributed by atoms with Gasteiger partial charge in [-0.25, -0.2) is 0 Å². The minimum atomic E-state index is -0.0531. The number of rotatable bonds is 2. The van der Waals surface area contributed by atoms with Crippen LogP contribution in [0.3, 0.4) is 0 Å². The Hall–Kier alpha value is -1.14. The molecular formula is C10H13BrN4S. The largest absolute Gasteiger partial charge is 0.370 e. The molecule has 0 atom stereocenters. The maximum Gasteiger partial charge on any atom is 0.200 e. The lowest BCUT2D eigenvalue weighted by Crippen LogP contribution is -2.25. The van der Waals surface area contributed by atoms with Crippen molar-refractivity contribution in [3.63, 3.8) is 0 Å². The summed E-state index contributed by atoms with van der Waals surface area (Å²) in [6.45, 7) is 2.07. The lowest BCUT2D eigenvalue weighted by atomic mass is 10.1. The lowest BCUT2D eigenvalue weighted by molar-refractivity contribution is 1.14.